The van der Waals surface area contributed by atoms with Crippen molar-refractivity contribution in [2.24, 2.45) is 7.05 Å². The van der Waals surface area contributed by atoms with E-state index in [1.165, 1.54) is 35.3 Å². The van der Waals surface area contributed by atoms with Crippen molar-refractivity contribution in [3.05, 3.63) is 90.1 Å². The molecule has 0 radical (unpaired) electrons. The standard InChI is InChI=1S/C26H17F5N6O3/c1-37-12-14(11-34-37)20-19(8-9-33-24(20)32)39-18-7-6-16(10-17(18)28)35-25(38)23-21(26(29,30)31)22(36-40-23)13-2-4-15(27)5-3-13/h2-12H,1H3,(H2,32,33)(H,35,38). The molecule has 3 N–H and O–H groups in total. The van der Waals surface area contributed by atoms with Gasteiger partial charge >= 0.3 is 6.18 Å². The van der Waals surface area contributed by atoms with E-state index in [-0.39, 0.29) is 28.6 Å². The number of pyridine rings is 1. The average Bonchev–Trinajstić information content (AvgIpc) is 3.53. The fraction of sp³-hybridized carbons (Fsp3) is 0.0769. The summed E-state index contributed by atoms with van der Waals surface area (Å²) in [6.07, 6.45) is -0.491. The highest BCUT2D eigenvalue weighted by Crippen LogP contribution is 2.40. The summed E-state index contributed by atoms with van der Waals surface area (Å²) in [6, 6.07) is 8.72. The number of alkyl halides is 3. The lowest BCUT2D eigenvalue weighted by atomic mass is 10.1. The summed E-state index contributed by atoms with van der Waals surface area (Å²) >= 11 is 0. The van der Waals surface area contributed by atoms with Crippen molar-refractivity contribution < 1.29 is 36.0 Å². The van der Waals surface area contributed by atoms with Gasteiger partial charge in [0.2, 0.25) is 5.76 Å². The molecule has 0 aliphatic heterocycles. The lowest BCUT2D eigenvalue weighted by molar-refractivity contribution is -0.137. The highest BCUT2D eigenvalue weighted by atomic mass is 19.4. The second-order valence-electron chi connectivity index (χ2n) is 8.41. The number of nitrogens with two attached hydrogens (primary N) is 1. The maximum atomic E-state index is 15.0. The van der Waals surface area contributed by atoms with Gasteiger partial charge in [0.15, 0.2) is 11.6 Å². The van der Waals surface area contributed by atoms with Crippen molar-refractivity contribution >= 4 is 17.4 Å². The zero-order valence-corrected chi connectivity index (χ0v) is 20.3. The molecule has 2 aromatic carbocycles. The summed E-state index contributed by atoms with van der Waals surface area (Å²) in [4.78, 5) is 16.7. The molecule has 0 aliphatic rings. The van der Waals surface area contributed by atoms with Crippen LogP contribution in [-0.4, -0.2) is 25.8 Å². The number of aromatic nitrogens is 4. The Morgan fingerprint density at radius 2 is 1.80 bits per heavy atom. The number of amides is 1. The minimum absolute atomic E-state index is 0.113. The number of hydrogen-bond acceptors (Lipinski definition) is 7. The lowest BCUT2D eigenvalue weighted by Gasteiger charge is -2.13. The normalized spacial score (nSPS) is 11.4. The third-order valence-electron chi connectivity index (χ3n) is 5.64. The van der Waals surface area contributed by atoms with Gasteiger partial charge in [-0.05, 0) is 42.5 Å². The molecule has 3 heterocycles. The van der Waals surface area contributed by atoms with Crippen molar-refractivity contribution in [3.63, 3.8) is 0 Å². The van der Waals surface area contributed by atoms with Gasteiger partial charge in [-0.2, -0.15) is 18.3 Å². The van der Waals surface area contributed by atoms with Crippen LogP contribution in [0.3, 0.4) is 0 Å². The summed E-state index contributed by atoms with van der Waals surface area (Å²) in [6.45, 7) is 0. The molecule has 0 aliphatic carbocycles. The molecule has 0 atom stereocenters. The minimum atomic E-state index is -5.04. The highest BCUT2D eigenvalue weighted by molar-refractivity contribution is 6.04. The number of rotatable bonds is 6. The van der Waals surface area contributed by atoms with Crippen molar-refractivity contribution in [1.82, 2.24) is 19.9 Å². The monoisotopic (exact) mass is 556 g/mol. The largest absolute Gasteiger partial charge is 0.453 e. The topological polar surface area (TPSA) is 121 Å². The van der Waals surface area contributed by atoms with Crippen LogP contribution in [0.4, 0.5) is 33.5 Å². The first kappa shape index (κ1) is 26.3. The number of carbonyl (C=O) groups excluding carboxylic acids is 1. The Morgan fingerprint density at radius 1 is 1.05 bits per heavy atom. The second-order valence-corrected chi connectivity index (χ2v) is 8.41. The van der Waals surface area contributed by atoms with Gasteiger partial charge in [-0.3, -0.25) is 9.48 Å². The Morgan fingerprint density at radius 3 is 2.45 bits per heavy atom. The van der Waals surface area contributed by atoms with E-state index in [4.69, 9.17) is 15.0 Å². The van der Waals surface area contributed by atoms with Crippen LogP contribution in [0, 0.1) is 11.6 Å². The zero-order chi connectivity index (χ0) is 28.6. The molecule has 40 heavy (non-hydrogen) atoms. The van der Waals surface area contributed by atoms with Gasteiger partial charge in [-0.25, -0.2) is 13.8 Å². The van der Waals surface area contributed by atoms with E-state index >= 15 is 0 Å². The van der Waals surface area contributed by atoms with Gasteiger partial charge in [0.05, 0.1) is 11.8 Å². The summed E-state index contributed by atoms with van der Waals surface area (Å²) in [7, 11) is 1.70. The van der Waals surface area contributed by atoms with Gasteiger partial charge in [0.1, 0.15) is 28.6 Å². The smallest absolute Gasteiger partial charge is 0.422 e. The maximum absolute atomic E-state index is 15.0. The first-order valence-corrected chi connectivity index (χ1v) is 11.4. The van der Waals surface area contributed by atoms with Crippen LogP contribution in [0.5, 0.6) is 11.5 Å². The molecular formula is C26H17F5N6O3. The van der Waals surface area contributed by atoms with Gasteiger partial charge in [-0.1, -0.05) is 5.16 Å². The average molecular weight is 556 g/mol. The molecule has 0 saturated heterocycles. The minimum Gasteiger partial charge on any atom is -0.453 e. The van der Waals surface area contributed by atoms with Crippen molar-refractivity contribution in [2.45, 2.75) is 6.18 Å². The number of nitrogens with zero attached hydrogens (tertiary/aromatic N) is 4. The van der Waals surface area contributed by atoms with Gasteiger partial charge in [-0.15, -0.1) is 0 Å². The van der Waals surface area contributed by atoms with Gasteiger partial charge < -0.3 is 20.3 Å². The number of benzene rings is 2. The Hall–Kier alpha value is -5.27. The van der Waals surface area contributed by atoms with Crippen molar-refractivity contribution in [3.8, 4) is 33.9 Å². The second kappa shape index (κ2) is 10.1. The quantitative estimate of drug-likeness (QED) is 0.244. The molecular weight excluding hydrogens is 539 g/mol. The van der Waals surface area contributed by atoms with E-state index in [0.717, 1.165) is 30.3 Å². The number of hydrogen-bond donors (Lipinski definition) is 2. The third kappa shape index (κ3) is 5.18. The van der Waals surface area contributed by atoms with Crippen molar-refractivity contribution in [2.75, 3.05) is 11.1 Å². The van der Waals surface area contributed by atoms with E-state index in [1.54, 1.807) is 13.2 Å². The number of carbonyl (C=O) groups is 1. The first-order valence-electron chi connectivity index (χ1n) is 11.4. The molecule has 5 aromatic rings. The summed E-state index contributed by atoms with van der Waals surface area (Å²) in [5.41, 5.74) is 4.46. The van der Waals surface area contributed by atoms with Crippen LogP contribution in [0.2, 0.25) is 0 Å². The molecule has 9 nitrogen and oxygen atoms in total. The van der Waals surface area contributed by atoms with Crippen LogP contribution >= 0.6 is 0 Å². The van der Waals surface area contributed by atoms with E-state index in [0.29, 0.717) is 11.1 Å². The SMILES string of the molecule is Cn1cc(-c2c(Oc3ccc(NC(=O)c4onc(-c5ccc(F)cc5)c4C(F)(F)F)cc3F)ccnc2N)cn1. The molecule has 0 fully saturated rings. The number of ether oxygens (including phenoxy) is 1. The number of nitrogens with one attached hydrogen (secondary N) is 1. The zero-order valence-electron chi connectivity index (χ0n) is 20.3. The molecule has 14 heteroatoms. The number of anilines is 2. The number of aryl methyl sites for hydroxylation is 1. The Kier molecular flexibility index (Phi) is 6.67. The molecule has 0 unspecified atom stereocenters. The summed E-state index contributed by atoms with van der Waals surface area (Å²) in [5.74, 6) is -4.07. The van der Waals surface area contributed by atoms with Crippen molar-refractivity contribution in [1.29, 1.82) is 0 Å². The fourth-order valence-electron chi connectivity index (χ4n) is 3.87. The first-order chi connectivity index (χ1) is 19.0. The third-order valence-corrected chi connectivity index (χ3v) is 5.64. The van der Waals surface area contributed by atoms with Crippen LogP contribution in [0.1, 0.15) is 16.1 Å². The van der Waals surface area contributed by atoms with Crippen LogP contribution in [0.15, 0.2) is 71.6 Å². The Balaban J connectivity index is 1.40. The van der Waals surface area contributed by atoms with E-state index in [9.17, 15) is 26.7 Å². The molecule has 0 saturated carbocycles. The molecule has 204 valence electrons. The van der Waals surface area contributed by atoms with Crippen LogP contribution < -0.4 is 15.8 Å². The predicted octanol–water partition coefficient (Wildman–Crippen LogP) is 6.06. The lowest BCUT2D eigenvalue weighted by Crippen LogP contribution is -2.17. The molecule has 3 aromatic heterocycles. The molecule has 5 rings (SSSR count). The maximum Gasteiger partial charge on any atom is 0.422 e. The van der Waals surface area contributed by atoms with Gasteiger partial charge in [0.25, 0.3) is 5.91 Å². The van der Waals surface area contributed by atoms with Crippen LogP contribution in [0.25, 0.3) is 22.4 Å². The summed E-state index contributed by atoms with van der Waals surface area (Å²) < 4.78 is 81.8. The Labute approximate surface area is 222 Å². The number of halogens is 5. The summed E-state index contributed by atoms with van der Waals surface area (Å²) in [5, 5.41) is 9.60. The molecule has 1 amide bonds. The molecule has 0 spiro atoms. The molecule has 0 bridgehead atoms. The Bertz CT molecular complexity index is 1710. The fourth-order valence-corrected chi connectivity index (χ4v) is 3.87. The van der Waals surface area contributed by atoms with E-state index in [2.05, 4.69) is 20.6 Å². The highest BCUT2D eigenvalue weighted by Gasteiger charge is 2.43. The van der Waals surface area contributed by atoms with E-state index < -0.39 is 40.7 Å². The number of nitrogen functional groups attached to an aromatic ring is 1. The van der Waals surface area contributed by atoms with E-state index in [1.807, 2.05) is 0 Å². The van der Waals surface area contributed by atoms with Gasteiger partial charge in [0, 0.05) is 42.3 Å². The predicted molar refractivity (Wildman–Crippen MR) is 132 cm³/mol. The van der Waals surface area contributed by atoms with Crippen LogP contribution in [-0.2, 0) is 13.2 Å².